The van der Waals surface area contributed by atoms with Crippen LogP contribution in [-0.2, 0) is 4.79 Å². The third-order valence-electron chi connectivity index (χ3n) is 3.18. The van der Waals surface area contributed by atoms with E-state index in [1.54, 1.807) is 4.90 Å². The summed E-state index contributed by atoms with van der Waals surface area (Å²) in [4.78, 5) is 13.7. The summed E-state index contributed by atoms with van der Waals surface area (Å²) in [5.41, 5.74) is 2.02. The molecule has 86 valence electrons. The minimum absolute atomic E-state index is 0.177. The maximum atomic E-state index is 12.0. The molecular formula is C13H18N2O. The molecule has 3 nitrogen and oxygen atoms in total. The number of rotatable bonds is 1. The van der Waals surface area contributed by atoms with Crippen LogP contribution in [0.2, 0.25) is 0 Å². The molecule has 1 aliphatic heterocycles. The first-order valence-corrected chi connectivity index (χ1v) is 5.71. The summed E-state index contributed by atoms with van der Waals surface area (Å²) in [6.45, 7) is 4.28. The fraction of sp³-hybridized carbons (Fsp3) is 0.462. The van der Waals surface area contributed by atoms with Crippen LogP contribution in [0.3, 0.4) is 0 Å². The van der Waals surface area contributed by atoms with E-state index in [9.17, 15) is 4.79 Å². The molecule has 0 spiro atoms. The highest BCUT2D eigenvalue weighted by Crippen LogP contribution is 2.30. The lowest BCUT2D eigenvalue weighted by molar-refractivity contribution is -0.118. The summed E-state index contributed by atoms with van der Waals surface area (Å²) in [5, 5.41) is 3.46. The van der Waals surface area contributed by atoms with Crippen molar-refractivity contribution in [2.24, 2.45) is 5.92 Å². The van der Waals surface area contributed by atoms with E-state index in [4.69, 9.17) is 0 Å². The fourth-order valence-electron chi connectivity index (χ4n) is 2.00. The number of amides is 1. The molecule has 1 unspecified atom stereocenters. The molecule has 3 heteroatoms. The van der Waals surface area contributed by atoms with E-state index in [1.165, 1.54) is 0 Å². The molecule has 0 saturated heterocycles. The number of hydrogen-bond donors (Lipinski definition) is 1. The van der Waals surface area contributed by atoms with Crippen molar-refractivity contribution in [1.82, 2.24) is 0 Å². The molecule has 1 atom stereocenters. The molecule has 2 rings (SSSR count). The van der Waals surface area contributed by atoms with Gasteiger partial charge in [-0.1, -0.05) is 26.0 Å². The summed E-state index contributed by atoms with van der Waals surface area (Å²) in [5.74, 6) is 0.625. The van der Waals surface area contributed by atoms with Gasteiger partial charge in [0.2, 0.25) is 5.91 Å². The van der Waals surface area contributed by atoms with Crippen LogP contribution < -0.4 is 10.2 Å². The predicted octanol–water partition coefficient (Wildman–Crippen LogP) is 2.49. The molecule has 1 aromatic rings. The SMILES string of the molecule is CC(C)C1CC(=O)N(C)c2ccccc2N1. The Hall–Kier alpha value is -1.51. The predicted molar refractivity (Wildman–Crippen MR) is 66.7 cm³/mol. The zero-order valence-electron chi connectivity index (χ0n) is 10.0. The second-order valence-corrected chi connectivity index (χ2v) is 4.67. The van der Waals surface area contributed by atoms with Crippen molar-refractivity contribution in [3.05, 3.63) is 24.3 Å². The average Bonchev–Trinajstić information content (AvgIpc) is 2.38. The first-order chi connectivity index (χ1) is 7.59. The van der Waals surface area contributed by atoms with E-state index in [1.807, 2.05) is 31.3 Å². The van der Waals surface area contributed by atoms with Crippen molar-refractivity contribution >= 4 is 17.3 Å². The Bertz CT molecular complexity index is 401. The van der Waals surface area contributed by atoms with Gasteiger partial charge in [0.05, 0.1) is 11.4 Å². The molecule has 1 N–H and O–H groups in total. The summed E-state index contributed by atoms with van der Waals surface area (Å²) < 4.78 is 0. The number of fused-ring (bicyclic) bond motifs is 1. The van der Waals surface area contributed by atoms with Gasteiger partial charge in [-0.3, -0.25) is 4.79 Å². The van der Waals surface area contributed by atoms with Crippen molar-refractivity contribution in [2.45, 2.75) is 26.3 Å². The number of para-hydroxylation sites is 2. The standard InChI is InChI=1S/C13H18N2O/c1-9(2)11-8-13(16)15(3)12-7-5-4-6-10(12)14-11/h4-7,9,11,14H,8H2,1-3H3. The van der Waals surface area contributed by atoms with Gasteiger partial charge in [0.15, 0.2) is 0 Å². The average molecular weight is 218 g/mol. The van der Waals surface area contributed by atoms with Gasteiger partial charge in [-0.2, -0.15) is 0 Å². The smallest absolute Gasteiger partial charge is 0.228 e. The number of nitrogens with one attached hydrogen (secondary N) is 1. The second-order valence-electron chi connectivity index (χ2n) is 4.67. The van der Waals surface area contributed by atoms with Crippen LogP contribution >= 0.6 is 0 Å². The molecule has 1 heterocycles. The summed E-state index contributed by atoms with van der Waals surface area (Å²) in [6.07, 6.45) is 0.558. The van der Waals surface area contributed by atoms with Crippen molar-refractivity contribution in [3.63, 3.8) is 0 Å². The fourth-order valence-corrected chi connectivity index (χ4v) is 2.00. The first kappa shape index (κ1) is 11.0. The van der Waals surface area contributed by atoms with E-state index in [2.05, 4.69) is 19.2 Å². The molecule has 16 heavy (non-hydrogen) atoms. The zero-order valence-corrected chi connectivity index (χ0v) is 10.0. The van der Waals surface area contributed by atoms with Gasteiger partial charge in [0.25, 0.3) is 0 Å². The van der Waals surface area contributed by atoms with Gasteiger partial charge >= 0.3 is 0 Å². The molecule has 0 fully saturated rings. The Balaban J connectivity index is 2.40. The van der Waals surface area contributed by atoms with E-state index in [0.29, 0.717) is 12.3 Å². The van der Waals surface area contributed by atoms with Gasteiger partial charge in [-0.15, -0.1) is 0 Å². The molecular weight excluding hydrogens is 200 g/mol. The van der Waals surface area contributed by atoms with Crippen LogP contribution in [0, 0.1) is 5.92 Å². The third kappa shape index (κ3) is 1.90. The van der Waals surface area contributed by atoms with E-state index in [-0.39, 0.29) is 11.9 Å². The highest BCUT2D eigenvalue weighted by molar-refractivity contribution is 5.98. The maximum Gasteiger partial charge on any atom is 0.228 e. The maximum absolute atomic E-state index is 12.0. The number of carbonyl (C=O) groups excluding carboxylic acids is 1. The van der Waals surface area contributed by atoms with Crippen LogP contribution in [0.4, 0.5) is 11.4 Å². The molecule has 1 aromatic carbocycles. The number of carbonyl (C=O) groups is 1. The zero-order chi connectivity index (χ0) is 11.7. The lowest BCUT2D eigenvalue weighted by Crippen LogP contribution is -2.31. The Morgan fingerprint density at radius 1 is 1.38 bits per heavy atom. The Morgan fingerprint density at radius 3 is 2.75 bits per heavy atom. The molecule has 1 amide bonds. The van der Waals surface area contributed by atoms with Crippen molar-refractivity contribution in [2.75, 3.05) is 17.3 Å². The first-order valence-electron chi connectivity index (χ1n) is 5.71. The normalized spacial score (nSPS) is 20.4. The van der Waals surface area contributed by atoms with Gasteiger partial charge in [-0.25, -0.2) is 0 Å². The van der Waals surface area contributed by atoms with Crippen LogP contribution in [0.25, 0.3) is 0 Å². The van der Waals surface area contributed by atoms with E-state index < -0.39 is 0 Å². The van der Waals surface area contributed by atoms with Crippen LogP contribution in [-0.4, -0.2) is 19.0 Å². The van der Waals surface area contributed by atoms with Gasteiger partial charge in [-0.05, 0) is 18.1 Å². The molecule has 0 radical (unpaired) electrons. The van der Waals surface area contributed by atoms with Gasteiger partial charge < -0.3 is 10.2 Å². The van der Waals surface area contributed by atoms with Crippen LogP contribution in [0.5, 0.6) is 0 Å². The monoisotopic (exact) mass is 218 g/mol. The molecule has 0 aliphatic carbocycles. The number of nitrogens with zero attached hydrogens (tertiary/aromatic N) is 1. The quantitative estimate of drug-likeness (QED) is 0.785. The summed E-state index contributed by atoms with van der Waals surface area (Å²) in [7, 11) is 1.84. The molecule has 0 bridgehead atoms. The summed E-state index contributed by atoms with van der Waals surface area (Å²) in [6, 6.07) is 8.17. The highest BCUT2D eigenvalue weighted by Gasteiger charge is 2.26. The summed E-state index contributed by atoms with van der Waals surface area (Å²) >= 11 is 0. The molecule has 1 aliphatic rings. The Kier molecular flexibility index (Phi) is 2.86. The number of benzene rings is 1. The Labute approximate surface area is 96.5 Å². The van der Waals surface area contributed by atoms with Crippen LogP contribution in [0.15, 0.2) is 24.3 Å². The largest absolute Gasteiger partial charge is 0.380 e. The third-order valence-corrected chi connectivity index (χ3v) is 3.18. The minimum Gasteiger partial charge on any atom is -0.380 e. The lowest BCUT2D eigenvalue weighted by atomic mass is 10.0. The Morgan fingerprint density at radius 2 is 2.06 bits per heavy atom. The topological polar surface area (TPSA) is 32.3 Å². The highest BCUT2D eigenvalue weighted by atomic mass is 16.2. The number of anilines is 2. The van der Waals surface area contributed by atoms with E-state index >= 15 is 0 Å². The van der Waals surface area contributed by atoms with Crippen LogP contribution in [0.1, 0.15) is 20.3 Å². The van der Waals surface area contributed by atoms with Crippen molar-refractivity contribution in [3.8, 4) is 0 Å². The second kappa shape index (κ2) is 4.16. The number of hydrogen-bond acceptors (Lipinski definition) is 2. The molecule has 0 aromatic heterocycles. The lowest BCUT2D eigenvalue weighted by Gasteiger charge is -2.20. The van der Waals surface area contributed by atoms with E-state index in [0.717, 1.165) is 11.4 Å². The van der Waals surface area contributed by atoms with Gasteiger partial charge in [0, 0.05) is 19.5 Å². The molecule has 0 saturated carbocycles. The van der Waals surface area contributed by atoms with Crippen molar-refractivity contribution < 1.29 is 4.79 Å². The van der Waals surface area contributed by atoms with Gasteiger partial charge in [0.1, 0.15) is 0 Å². The van der Waals surface area contributed by atoms with Crippen molar-refractivity contribution in [1.29, 1.82) is 0 Å². The minimum atomic E-state index is 0.177.